The molecule has 0 aromatic rings. The molecule has 3 rings (SSSR count). The van der Waals surface area contributed by atoms with Crippen LogP contribution in [0.15, 0.2) is 25.9 Å². The van der Waals surface area contributed by atoms with Gasteiger partial charge in [0.25, 0.3) is 0 Å². The lowest BCUT2D eigenvalue weighted by molar-refractivity contribution is 0.216. The normalized spacial score (nSPS) is 27.6. The molecule has 0 aliphatic carbocycles. The summed E-state index contributed by atoms with van der Waals surface area (Å²) in [4.78, 5) is 14.0. The van der Waals surface area contributed by atoms with E-state index >= 15 is 0 Å². The van der Waals surface area contributed by atoms with E-state index in [0.29, 0.717) is 0 Å². The zero-order chi connectivity index (χ0) is 14.1. The molecule has 0 spiro atoms. The average Bonchev–Trinajstić information content (AvgIpc) is 2.63. The topological polar surface area (TPSA) is 46.8 Å². The first-order valence-corrected chi connectivity index (χ1v) is 7.72. The molecule has 6 nitrogen and oxygen atoms in total. The minimum Gasteiger partial charge on any atom is -0.351 e. The third-order valence-corrected chi connectivity index (χ3v) is 4.23. The van der Waals surface area contributed by atoms with Crippen LogP contribution in [0, 0.1) is 0 Å². The molecule has 3 heterocycles. The van der Waals surface area contributed by atoms with Crippen molar-refractivity contribution in [1.82, 2.24) is 14.8 Å². The van der Waals surface area contributed by atoms with Gasteiger partial charge in [-0.25, -0.2) is 10.0 Å². The summed E-state index contributed by atoms with van der Waals surface area (Å²) in [5, 5.41) is 6.32. The van der Waals surface area contributed by atoms with E-state index in [1.54, 1.807) is 6.20 Å². The number of piperazine rings is 1. The number of hydrogen-bond donors (Lipinski definition) is 0. The zero-order valence-corrected chi connectivity index (χ0v) is 13.4. The number of fused-ring (bicyclic) bond motifs is 1. The lowest BCUT2D eigenvalue weighted by Gasteiger charge is -2.37. The number of halogens is 1. The molecule has 3 aliphatic heterocycles. The molecule has 0 radical (unpaired) electrons. The number of likely N-dealkylation sites (N-methyl/N-ethyl adjacent to an activating group) is 1. The number of rotatable bonds is 0. The molecule has 1 saturated heterocycles. The molecule has 0 N–H and O–H groups in total. The molecule has 1 atom stereocenters. The summed E-state index contributed by atoms with van der Waals surface area (Å²) in [7, 11) is 2.15. The number of nitrogens with zero attached hydrogens (tertiary/aromatic N) is 6. The number of hydrazone groups is 1. The maximum atomic E-state index is 4.78. The third kappa shape index (κ3) is 2.64. The Labute approximate surface area is 127 Å². The summed E-state index contributed by atoms with van der Waals surface area (Å²) in [5.74, 6) is 1.79. The minimum atomic E-state index is 0.231. The van der Waals surface area contributed by atoms with E-state index in [0.717, 1.165) is 48.9 Å². The monoisotopic (exact) mass is 338 g/mol. The second kappa shape index (κ2) is 5.65. The molecule has 0 aromatic carbocycles. The Morgan fingerprint density at radius 2 is 1.95 bits per heavy atom. The average molecular weight is 339 g/mol. The highest BCUT2D eigenvalue weighted by Crippen LogP contribution is 2.23. The fraction of sp³-hybridized carbons (Fsp3) is 0.615. The van der Waals surface area contributed by atoms with E-state index in [4.69, 9.17) is 4.99 Å². The molecule has 0 saturated carbocycles. The summed E-state index contributed by atoms with van der Waals surface area (Å²) in [6.07, 6.45) is 4.58. The maximum absolute atomic E-state index is 4.78. The van der Waals surface area contributed by atoms with Crippen LogP contribution in [0.4, 0.5) is 0 Å². The summed E-state index contributed by atoms with van der Waals surface area (Å²) in [6, 6.07) is 0.231. The Balaban J connectivity index is 1.91. The molecule has 20 heavy (non-hydrogen) atoms. The molecular weight excluding hydrogens is 320 g/mol. The highest BCUT2D eigenvalue weighted by molar-refractivity contribution is 9.11. The summed E-state index contributed by atoms with van der Waals surface area (Å²) in [5.41, 5.74) is 0. The van der Waals surface area contributed by atoms with Crippen LogP contribution in [0.5, 0.6) is 0 Å². The van der Waals surface area contributed by atoms with Gasteiger partial charge in [0.1, 0.15) is 4.61 Å². The molecule has 1 unspecified atom stereocenters. The second-order valence-corrected chi connectivity index (χ2v) is 6.15. The largest absolute Gasteiger partial charge is 0.351 e. The highest BCUT2D eigenvalue weighted by atomic mass is 79.9. The molecule has 3 aliphatic rings. The van der Waals surface area contributed by atoms with Crippen molar-refractivity contribution < 1.29 is 0 Å². The van der Waals surface area contributed by atoms with E-state index in [2.05, 4.69) is 49.8 Å². The molecular formula is C13H19BrN6. The minimum absolute atomic E-state index is 0.231. The van der Waals surface area contributed by atoms with Crippen molar-refractivity contribution >= 4 is 33.8 Å². The van der Waals surface area contributed by atoms with Crippen LogP contribution in [0.3, 0.4) is 0 Å². The summed E-state index contributed by atoms with van der Waals surface area (Å²) in [6.45, 7) is 6.17. The lowest BCUT2D eigenvalue weighted by atomic mass is 10.2. The Hall–Kier alpha value is -1.21. The smallest absolute Gasteiger partial charge is 0.193 e. The van der Waals surface area contributed by atoms with Gasteiger partial charge < -0.3 is 9.80 Å². The van der Waals surface area contributed by atoms with Gasteiger partial charge in [0.05, 0.1) is 12.2 Å². The predicted molar refractivity (Wildman–Crippen MR) is 85.4 cm³/mol. The zero-order valence-electron chi connectivity index (χ0n) is 11.8. The van der Waals surface area contributed by atoms with Gasteiger partial charge in [-0.15, -0.1) is 0 Å². The first-order chi connectivity index (χ1) is 9.65. The first-order valence-electron chi connectivity index (χ1n) is 6.93. The fourth-order valence-corrected chi connectivity index (χ4v) is 2.79. The van der Waals surface area contributed by atoms with Gasteiger partial charge >= 0.3 is 0 Å². The maximum Gasteiger partial charge on any atom is 0.193 e. The van der Waals surface area contributed by atoms with Crippen LogP contribution in [0.2, 0.25) is 0 Å². The van der Waals surface area contributed by atoms with Crippen molar-refractivity contribution in [2.75, 3.05) is 33.2 Å². The van der Waals surface area contributed by atoms with E-state index in [1.165, 1.54) is 0 Å². The van der Waals surface area contributed by atoms with Crippen molar-refractivity contribution in [2.45, 2.75) is 19.4 Å². The van der Waals surface area contributed by atoms with Crippen molar-refractivity contribution in [3.63, 3.8) is 0 Å². The molecule has 108 valence electrons. The summed E-state index contributed by atoms with van der Waals surface area (Å²) >= 11 is 3.50. The number of aliphatic imine (C=N–C) groups is 2. The van der Waals surface area contributed by atoms with Gasteiger partial charge in [0.15, 0.2) is 11.7 Å². The van der Waals surface area contributed by atoms with E-state index in [1.807, 2.05) is 11.2 Å². The van der Waals surface area contributed by atoms with Gasteiger partial charge in [-0.1, -0.05) is 0 Å². The van der Waals surface area contributed by atoms with Crippen LogP contribution < -0.4 is 0 Å². The molecule has 0 bridgehead atoms. The van der Waals surface area contributed by atoms with Gasteiger partial charge in [0.2, 0.25) is 0 Å². The van der Waals surface area contributed by atoms with Crippen LogP contribution in [-0.2, 0) is 0 Å². The van der Waals surface area contributed by atoms with Crippen molar-refractivity contribution in [3.05, 3.63) is 10.8 Å². The predicted octanol–water partition coefficient (Wildman–Crippen LogP) is 1.32. The quantitative estimate of drug-likeness (QED) is 0.626. The number of amidine groups is 2. The lowest BCUT2D eigenvalue weighted by Crippen LogP contribution is -2.52. The fourth-order valence-electron chi connectivity index (χ4n) is 2.43. The van der Waals surface area contributed by atoms with Crippen molar-refractivity contribution in [3.8, 4) is 0 Å². The van der Waals surface area contributed by atoms with E-state index < -0.39 is 0 Å². The molecule has 7 heteroatoms. The Morgan fingerprint density at radius 1 is 1.20 bits per heavy atom. The molecule has 0 amide bonds. The Bertz CT molecular complexity index is 501. The second-order valence-electron chi connectivity index (χ2n) is 5.34. The van der Waals surface area contributed by atoms with E-state index in [9.17, 15) is 0 Å². The molecule has 1 fully saturated rings. The van der Waals surface area contributed by atoms with E-state index in [-0.39, 0.29) is 6.04 Å². The molecule has 0 aromatic heterocycles. The van der Waals surface area contributed by atoms with Gasteiger partial charge in [-0.05, 0) is 29.9 Å². The Kier molecular flexibility index (Phi) is 3.89. The van der Waals surface area contributed by atoms with Gasteiger partial charge in [-0.2, -0.15) is 5.10 Å². The van der Waals surface area contributed by atoms with Crippen LogP contribution >= 0.6 is 15.9 Å². The van der Waals surface area contributed by atoms with Gasteiger partial charge in [-0.3, -0.25) is 4.99 Å². The summed E-state index contributed by atoms with van der Waals surface area (Å²) < 4.78 is 0.833. The van der Waals surface area contributed by atoms with Crippen molar-refractivity contribution in [2.24, 2.45) is 15.1 Å². The third-order valence-electron chi connectivity index (χ3n) is 3.69. The van der Waals surface area contributed by atoms with Gasteiger partial charge in [0, 0.05) is 38.8 Å². The number of hydrogen-bond acceptors (Lipinski definition) is 6. The Morgan fingerprint density at radius 3 is 2.70 bits per heavy atom. The van der Waals surface area contributed by atoms with Crippen LogP contribution in [0.1, 0.15) is 13.3 Å². The van der Waals surface area contributed by atoms with Crippen LogP contribution in [-0.4, -0.2) is 72.0 Å². The standard InChI is InChI=1S/C13H19BrN6/c1-10-3-4-16-20-11(14)9-15-12(13(20)17-10)19-7-5-18(2)6-8-19/h4,9-10H,3,5-8H2,1-2H3. The SMILES string of the molecule is CC1CC=NN2C(Br)=CN=C(N3CCN(C)CC3)C2=N1. The van der Waals surface area contributed by atoms with Crippen LogP contribution in [0.25, 0.3) is 0 Å². The van der Waals surface area contributed by atoms with Crippen molar-refractivity contribution in [1.29, 1.82) is 0 Å². The highest BCUT2D eigenvalue weighted by Gasteiger charge is 2.30. The first kappa shape index (κ1) is 13.8.